The van der Waals surface area contributed by atoms with Crippen LogP contribution in [0.5, 0.6) is 0 Å². The molecule has 0 aromatic rings. The van der Waals surface area contributed by atoms with E-state index in [1.807, 2.05) is 13.8 Å². The van der Waals surface area contributed by atoms with Crippen molar-refractivity contribution in [2.45, 2.75) is 52.0 Å². The number of Topliss-reactive ketones (excluding diaryl/α,β-unsaturated/α-hetero) is 1. The maximum atomic E-state index is 12.1. The van der Waals surface area contributed by atoms with E-state index in [0.29, 0.717) is 26.2 Å². The monoisotopic (exact) mass is 356 g/mol. The Morgan fingerprint density at radius 2 is 1.76 bits per heavy atom. The third kappa shape index (κ3) is 8.97. The Morgan fingerprint density at radius 3 is 2.36 bits per heavy atom. The van der Waals surface area contributed by atoms with Gasteiger partial charge in [-0.25, -0.2) is 0 Å². The Hall–Kier alpha value is -1.47. The fraction of sp³-hybridized carbons (Fsp3) is 0.833. The summed E-state index contributed by atoms with van der Waals surface area (Å²) in [4.78, 5) is 35.2. The smallest absolute Gasteiger partial charge is 0.223 e. The van der Waals surface area contributed by atoms with Crippen LogP contribution in [0.1, 0.15) is 46.0 Å². The molecule has 7 heteroatoms. The van der Waals surface area contributed by atoms with Gasteiger partial charge in [-0.15, -0.1) is 0 Å². The predicted molar refractivity (Wildman–Crippen MR) is 94.1 cm³/mol. The largest absolute Gasteiger partial charge is 0.384 e. The minimum atomic E-state index is -0.0280. The normalized spacial score (nSPS) is 20.3. The van der Waals surface area contributed by atoms with Gasteiger partial charge in [-0.2, -0.15) is 0 Å². The lowest BCUT2D eigenvalue weighted by Gasteiger charge is -2.28. The first kappa shape index (κ1) is 21.6. The number of ether oxygens (including phenoxy) is 2. The van der Waals surface area contributed by atoms with Gasteiger partial charge in [-0.1, -0.05) is 13.8 Å². The summed E-state index contributed by atoms with van der Waals surface area (Å²) in [6.45, 7) is 4.95. The zero-order valence-corrected chi connectivity index (χ0v) is 15.6. The Bertz CT molecular complexity index is 431. The molecule has 0 unspecified atom stereocenters. The molecule has 7 nitrogen and oxygen atoms in total. The average Bonchev–Trinajstić information content (AvgIpc) is 2.59. The van der Waals surface area contributed by atoms with Crippen molar-refractivity contribution >= 4 is 17.6 Å². The molecule has 1 aliphatic carbocycles. The topological polar surface area (TPSA) is 93.7 Å². The molecule has 1 fully saturated rings. The van der Waals surface area contributed by atoms with Gasteiger partial charge in [0, 0.05) is 38.0 Å². The van der Waals surface area contributed by atoms with Crippen LogP contribution in [0.4, 0.5) is 0 Å². The fourth-order valence-electron chi connectivity index (χ4n) is 2.72. The number of rotatable bonds is 11. The summed E-state index contributed by atoms with van der Waals surface area (Å²) in [6.07, 6.45) is 3.55. The average molecular weight is 356 g/mol. The highest BCUT2D eigenvalue weighted by Crippen LogP contribution is 2.24. The van der Waals surface area contributed by atoms with E-state index in [0.717, 1.165) is 25.7 Å². The molecule has 0 heterocycles. The van der Waals surface area contributed by atoms with Crippen molar-refractivity contribution in [2.75, 3.05) is 33.5 Å². The second kappa shape index (κ2) is 12.0. The van der Waals surface area contributed by atoms with Crippen LogP contribution < -0.4 is 10.6 Å². The molecule has 0 aromatic carbocycles. The molecule has 0 spiro atoms. The van der Waals surface area contributed by atoms with E-state index in [4.69, 9.17) is 9.47 Å². The molecule has 144 valence electrons. The van der Waals surface area contributed by atoms with E-state index in [1.165, 1.54) is 0 Å². The van der Waals surface area contributed by atoms with Crippen molar-refractivity contribution < 1.29 is 23.9 Å². The van der Waals surface area contributed by atoms with E-state index >= 15 is 0 Å². The summed E-state index contributed by atoms with van der Waals surface area (Å²) in [5.74, 6) is 0.0622. The summed E-state index contributed by atoms with van der Waals surface area (Å²) in [6, 6.07) is 0.152. The number of methoxy groups -OCH3 is 1. The van der Waals surface area contributed by atoms with Crippen LogP contribution in [0.3, 0.4) is 0 Å². The van der Waals surface area contributed by atoms with E-state index in [2.05, 4.69) is 10.6 Å². The van der Waals surface area contributed by atoms with Crippen LogP contribution in [-0.4, -0.2) is 57.1 Å². The van der Waals surface area contributed by atoms with Gasteiger partial charge in [0.25, 0.3) is 0 Å². The van der Waals surface area contributed by atoms with E-state index in [9.17, 15) is 14.4 Å². The molecular formula is C18H32N2O5. The van der Waals surface area contributed by atoms with Gasteiger partial charge in [0.05, 0.1) is 13.2 Å². The van der Waals surface area contributed by atoms with Crippen LogP contribution >= 0.6 is 0 Å². The zero-order chi connectivity index (χ0) is 18.7. The number of hydrogen-bond acceptors (Lipinski definition) is 5. The molecule has 1 rings (SSSR count). The number of ketones is 1. The Labute approximate surface area is 150 Å². The third-order valence-corrected chi connectivity index (χ3v) is 4.43. The summed E-state index contributed by atoms with van der Waals surface area (Å²) in [5.41, 5.74) is 0. The number of amides is 2. The van der Waals surface area contributed by atoms with Crippen molar-refractivity contribution in [1.82, 2.24) is 10.6 Å². The summed E-state index contributed by atoms with van der Waals surface area (Å²) in [7, 11) is 1.57. The molecule has 2 N–H and O–H groups in total. The second-order valence-electron chi connectivity index (χ2n) is 6.82. The Kier molecular flexibility index (Phi) is 10.3. The number of carbonyl (C=O) groups excluding carboxylic acids is 3. The van der Waals surface area contributed by atoms with E-state index in [-0.39, 0.29) is 42.1 Å². The first-order valence-electron chi connectivity index (χ1n) is 9.10. The van der Waals surface area contributed by atoms with Gasteiger partial charge in [0.1, 0.15) is 6.61 Å². The molecule has 1 aliphatic rings. The number of nitrogens with one attached hydrogen (secondary N) is 2. The van der Waals surface area contributed by atoms with Gasteiger partial charge < -0.3 is 20.1 Å². The molecule has 1 saturated carbocycles. The van der Waals surface area contributed by atoms with Crippen molar-refractivity contribution in [3.8, 4) is 0 Å². The summed E-state index contributed by atoms with van der Waals surface area (Å²) >= 11 is 0. The third-order valence-electron chi connectivity index (χ3n) is 4.43. The number of carbonyl (C=O) groups is 3. The van der Waals surface area contributed by atoms with E-state index in [1.54, 1.807) is 7.11 Å². The first-order valence-corrected chi connectivity index (χ1v) is 9.10. The van der Waals surface area contributed by atoms with Crippen LogP contribution in [0.2, 0.25) is 0 Å². The summed E-state index contributed by atoms with van der Waals surface area (Å²) < 4.78 is 10.2. The van der Waals surface area contributed by atoms with Crippen molar-refractivity contribution in [2.24, 2.45) is 11.8 Å². The van der Waals surface area contributed by atoms with Crippen LogP contribution in [0.15, 0.2) is 0 Å². The lowest BCUT2D eigenvalue weighted by molar-refractivity contribution is -0.127. The van der Waals surface area contributed by atoms with Gasteiger partial charge in [0.2, 0.25) is 11.8 Å². The van der Waals surface area contributed by atoms with Crippen LogP contribution in [0.25, 0.3) is 0 Å². The zero-order valence-electron chi connectivity index (χ0n) is 15.6. The van der Waals surface area contributed by atoms with Crippen molar-refractivity contribution in [1.29, 1.82) is 0 Å². The second-order valence-corrected chi connectivity index (χ2v) is 6.82. The molecule has 0 atom stereocenters. The SMILES string of the molecule is COCCC(=O)NC1CCC(C(=O)NCCOCC(=O)C(C)C)CC1. The maximum absolute atomic E-state index is 12.1. The van der Waals surface area contributed by atoms with Crippen LogP contribution in [0, 0.1) is 11.8 Å². The number of hydrogen-bond donors (Lipinski definition) is 2. The highest BCUT2D eigenvalue weighted by Gasteiger charge is 2.26. The fourth-order valence-corrected chi connectivity index (χ4v) is 2.72. The van der Waals surface area contributed by atoms with Gasteiger partial charge >= 0.3 is 0 Å². The minimum Gasteiger partial charge on any atom is -0.384 e. The lowest BCUT2D eigenvalue weighted by atomic mass is 9.85. The molecule has 25 heavy (non-hydrogen) atoms. The Morgan fingerprint density at radius 1 is 1.08 bits per heavy atom. The summed E-state index contributed by atoms with van der Waals surface area (Å²) in [5, 5.41) is 5.85. The molecule has 0 bridgehead atoms. The van der Waals surface area contributed by atoms with Crippen molar-refractivity contribution in [3.63, 3.8) is 0 Å². The van der Waals surface area contributed by atoms with E-state index < -0.39 is 0 Å². The maximum Gasteiger partial charge on any atom is 0.223 e. The molecular weight excluding hydrogens is 324 g/mol. The molecule has 0 radical (unpaired) electrons. The Balaban J connectivity index is 2.12. The minimum absolute atomic E-state index is 0.00263. The molecule has 0 aliphatic heterocycles. The highest BCUT2D eigenvalue weighted by molar-refractivity contribution is 5.81. The van der Waals surface area contributed by atoms with Gasteiger partial charge in [-0.3, -0.25) is 14.4 Å². The molecule has 0 saturated heterocycles. The van der Waals surface area contributed by atoms with Gasteiger partial charge in [-0.05, 0) is 25.7 Å². The van der Waals surface area contributed by atoms with Gasteiger partial charge in [0.15, 0.2) is 5.78 Å². The highest BCUT2D eigenvalue weighted by atomic mass is 16.5. The lowest BCUT2D eigenvalue weighted by Crippen LogP contribution is -2.41. The predicted octanol–water partition coefficient (Wildman–Crippen LogP) is 1.06. The quantitative estimate of drug-likeness (QED) is 0.540. The molecule has 0 aromatic heterocycles. The molecule has 2 amide bonds. The van der Waals surface area contributed by atoms with Crippen LogP contribution in [-0.2, 0) is 23.9 Å². The first-order chi connectivity index (χ1) is 11.9. The standard InChI is InChI=1S/C18H32N2O5/c1-13(2)16(21)12-25-11-9-19-18(23)14-4-6-15(7-5-14)20-17(22)8-10-24-3/h13-15H,4-12H2,1-3H3,(H,19,23)(H,20,22). The van der Waals surface area contributed by atoms with Crippen molar-refractivity contribution in [3.05, 3.63) is 0 Å².